The number of hydrogen-bond acceptors (Lipinski definition) is 12. The van der Waals surface area contributed by atoms with Gasteiger partial charge in [0.05, 0.1) is 37.6 Å². The third-order valence-electron chi connectivity index (χ3n) is 11.5. The summed E-state index contributed by atoms with van der Waals surface area (Å²) in [5.41, 5.74) is -2.99. The highest BCUT2D eigenvalue weighted by Crippen LogP contribution is 2.40. The van der Waals surface area contributed by atoms with Crippen LogP contribution in [0.15, 0.2) is 154 Å². The van der Waals surface area contributed by atoms with Gasteiger partial charge in [-0.3, -0.25) is 28.8 Å². The summed E-state index contributed by atoms with van der Waals surface area (Å²) in [6, 6.07) is 23.3. The second-order valence-corrected chi connectivity index (χ2v) is 19.7. The first-order chi connectivity index (χ1) is 38.6. The van der Waals surface area contributed by atoms with Crippen LogP contribution in [-0.4, -0.2) is 47.2 Å². The molecule has 15 nitrogen and oxygen atoms in total. The molecule has 0 radical (unpaired) electrons. The van der Waals surface area contributed by atoms with E-state index >= 15 is 0 Å². The van der Waals surface area contributed by atoms with E-state index in [0.29, 0.717) is 16.1 Å². The number of halogens is 11. The summed E-state index contributed by atoms with van der Waals surface area (Å²) >= 11 is 31.1. The Balaban J connectivity index is 1.02. The third kappa shape index (κ3) is 16.0. The van der Waals surface area contributed by atoms with Gasteiger partial charge in [0.15, 0.2) is 23.1 Å². The number of azo groups is 2. The number of ether oxygens (including phenoxy) is 2. The van der Waals surface area contributed by atoms with E-state index in [9.17, 15) is 55.1 Å². The number of carbonyl (C=O) groups excluding carboxylic acids is 6. The lowest BCUT2D eigenvalue weighted by atomic mass is 10.00. The van der Waals surface area contributed by atoms with E-state index in [1.54, 1.807) is 0 Å². The predicted molar refractivity (Wildman–Crippen MR) is 296 cm³/mol. The molecule has 422 valence electrons. The minimum atomic E-state index is -4.78. The Kier molecular flexibility index (Phi) is 19.6. The van der Waals surface area contributed by atoms with Gasteiger partial charge < -0.3 is 25.4 Å². The molecule has 3 amide bonds. The summed E-state index contributed by atoms with van der Waals surface area (Å²) in [7, 11) is 0. The number of nitrogens with one attached hydrogen (secondary N) is 3. The molecule has 3 N–H and O–H groups in total. The number of alkyl halides is 6. The lowest BCUT2D eigenvalue weighted by molar-refractivity contribution is -0.138. The SMILES string of the molecule is CC(=O)C(N=Nc1cc(C(=O)Cc2cc(C(F)(F)F)ccc2Oc2ccc(Cl)cc2)ccc1Cl)C(=O)Nc1cc(Cl)c(NC(=O)C(N=Nc2cc(C(=O)Nc3cc(C(F)(F)F)ccc3Oc3ccc(Cl)cc3)ccc2Cl)C(C)=O)cc1C. The van der Waals surface area contributed by atoms with Crippen LogP contribution in [0.1, 0.15) is 56.8 Å². The van der Waals surface area contributed by atoms with Crippen molar-refractivity contribution in [1.82, 2.24) is 0 Å². The molecule has 0 spiro atoms. The monoisotopic (exact) mass is 1230 g/mol. The zero-order valence-corrected chi connectivity index (χ0v) is 46.1. The minimum Gasteiger partial charge on any atom is -0.457 e. The lowest BCUT2D eigenvalue weighted by Crippen LogP contribution is -2.32. The molecule has 2 atom stereocenters. The van der Waals surface area contributed by atoms with E-state index in [2.05, 4.69) is 36.4 Å². The Labute approximate surface area is 486 Å². The van der Waals surface area contributed by atoms with Crippen LogP contribution in [0.5, 0.6) is 23.0 Å². The van der Waals surface area contributed by atoms with Crippen LogP contribution in [0.4, 0.5) is 54.8 Å². The van der Waals surface area contributed by atoms with Gasteiger partial charge in [-0.05, 0) is 160 Å². The molecule has 0 aromatic heterocycles. The minimum absolute atomic E-state index is 0.0359. The van der Waals surface area contributed by atoms with E-state index in [1.807, 2.05) is 0 Å². The van der Waals surface area contributed by atoms with Gasteiger partial charge in [-0.15, -0.1) is 0 Å². The number of benzene rings is 7. The van der Waals surface area contributed by atoms with Gasteiger partial charge in [-0.1, -0.05) is 58.0 Å². The average molecular weight is 1230 g/mol. The smallest absolute Gasteiger partial charge is 0.416 e. The number of rotatable bonds is 19. The number of anilines is 3. The molecule has 0 saturated heterocycles. The molecular formula is C56H38Cl5F6N7O8. The van der Waals surface area contributed by atoms with Gasteiger partial charge in [0, 0.05) is 38.8 Å². The Bertz CT molecular complexity index is 3480. The fourth-order valence-corrected chi connectivity index (χ4v) is 8.07. The van der Waals surface area contributed by atoms with Gasteiger partial charge in [0.25, 0.3) is 17.7 Å². The van der Waals surface area contributed by atoms with E-state index in [0.717, 1.165) is 50.2 Å². The summed E-state index contributed by atoms with van der Waals surface area (Å²) in [4.78, 5) is 79.8. The second kappa shape index (κ2) is 26.1. The fourth-order valence-electron chi connectivity index (χ4n) is 7.30. The van der Waals surface area contributed by atoms with Crippen LogP contribution in [-0.2, 0) is 38.0 Å². The maximum Gasteiger partial charge on any atom is 0.416 e. The largest absolute Gasteiger partial charge is 0.457 e. The number of carbonyl (C=O) groups is 6. The molecule has 0 bridgehead atoms. The van der Waals surface area contributed by atoms with Gasteiger partial charge >= 0.3 is 12.4 Å². The topological polar surface area (TPSA) is 206 Å². The number of ketones is 3. The van der Waals surface area contributed by atoms with Crippen molar-refractivity contribution < 1.29 is 64.6 Å². The number of amides is 3. The van der Waals surface area contributed by atoms with Crippen LogP contribution < -0.4 is 25.4 Å². The van der Waals surface area contributed by atoms with Crippen LogP contribution in [0.2, 0.25) is 25.1 Å². The Morgan fingerprint density at radius 2 is 0.963 bits per heavy atom. The highest BCUT2D eigenvalue weighted by Gasteiger charge is 2.33. The van der Waals surface area contributed by atoms with E-state index in [4.69, 9.17) is 67.5 Å². The summed E-state index contributed by atoms with van der Waals surface area (Å²) in [5, 5.41) is 23.4. The number of Topliss-reactive ketones (excluding diaryl/α,β-unsaturated/α-hetero) is 3. The molecule has 0 aliphatic heterocycles. The summed E-state index contributed by atoms with van der Waals surface area (Å²) in [6.45, 7) is 3.58. The van der Waals surface area contributed by atoms with E-state index < -0.39 is 77.1 Å². The molecule has 7 aromatic rings. The van der Waals surface area contributed by atoms with E-state index in [1.165, 1.54) is 97.9 Å². The van der Waals surface area contributed by atoms with Gasteiger partial charge in [0.1, 0.15) is 28.6 Å². The second-order valence-electron chi connectivity index (χ2n) is 17.6. The molecule has 0 heterocycles. The van der Waals surface area contributed by atoms with Crippen molar-refractivity contribution >= 4 is 122 Å². The highest BCUT2D eigenvalue weighted by molar-refractivity contribution is 6.35. The third-order valence-corrected chi connectivity index (χ3v) is 13.0. The molecule has 0 saturated carbocycles. The number of nitrogens with zero attached hydrogens (tertiary/aromatic N) is 4. The molecular weight excluding hydrogens is 1190 g/mol. The molecule has 0 aliphatic rings. The van der Waals surface area contributed by atoms with Gasteiger partial charge in [0.2, 0.25) is 12.1 Å². The van der Waals surface area contributed by atoms with Crippen molar-refractivity contribution in [2.24, 2.45) is 20.5 Å². The maximum atomic E-state index is 13.8. The average Bonchev–Trinajstić information content (AvgIpc) is 3.61. The zero-order chi connectivity index (χ0) is 59.8. The van der Waals surface area contributed by atoms with Crippen LogP contribution in [0.3, 0.4) is 0 Å². The molecule has 2 unspecified atom stereocenters. The van der Waals surface area contributed by atoms with Crippen molar-refractivity contribution in [2.75, 3.05) is 16.0 Å². The molecule has 0 fully saturated rings. The fraction of sp³-hybridized carbons (Fsp3) is 0.143. The Morgan fingerprint density at radius 3 is 1.48 bits per heavy atom. The molecule has 26 heteroatoms. The van der Waals surface area contributed by atoms with Gasteiger partial charge in [-0.25, -0.2) is 0 Å². The van der Waals surface area contributed by atoms with Gasteiger partial charge in [-0.2, -0.15) is 46.8 Å². The molecule has 7 rings (SSSR count). The number of hydrogen-bond donors (Lipinski definition) is 3. The molecule has 7 aromatic carbocycles. The highest BCUT2D eigenvalue weighted by atomic mass is 35.5. The van der Waals surface area contributed by atoms with Crippen LogP contribution >= 0.6 is 58.0 Å². The lowest BCUT2D eigenvalue weighted by Gasteiger charge is -2.16. The maximum absolute atomic E-state index is 13.8. The summed E-state index contributed by atoms with van der Waals surface area (Å²) < 4.78 is 94.0. The first kappa shape index (κ1) is 61.4. The van der Waals surface area contributed by atoms with Crippen molar-refractivity contribution in [3.63, 3.8) is 0 Å². The van der Waals surface area contributed by atoms with Crippen molar-refractivity contribution in [3.8, 4) is 23.0 Å². The normalized spacial score (nSPS) is 12.4. The van der Waals surface area contributed by atoms with Crippen LogP contribution in [0, 0.1) is 6.92 Å². The standard InChI is InChI=1S/C56H38Cl5F6N7O8/c1-27-20-43(69-54(80)51(29(3)76)74-72-45-23-31(5-17-40(45)60)52(78)70-46-25-34(56(65,66)67)7-19-49(46)82-38-14-10-36(58)11-15-38)41(61)26-42(27)68-53(79)50(28(2)75)73-71-44-22-30(4-16-39(44)59)47(77)24-32-21-33(55(62,63)64)6-18-48(32)81-37-12-8-35(57)9-13-37/h4-23,25-26,50-51H,24H2,1-3H3,(H,68,79)(H,69,80)(H,70,78). The summed E-state index contributed by atoms with van der Waals surface area (Å²) in [6.07, 6.45) is -10.1. The van der Waals surface area contributed by atoms with Crippen molar-refractivity contribution in [1.29, 1.82) is 0 Å². The molecule has 82 heavy (non-hydrogen) atoms. The first-order valence-corrected chi connectivity index (χ1v) is 25.5. The van der Waals surface area contributed by atoms with E-state index in [-0.39, 0.29) is 88.8 Å². The Morgan fingerprint density at radius 1 is 0.500 bits per heavy atom. The van der Waals surface area contributed by atoms with Crippen molar-refractivity contribution in [3.05, 3.63) is 192 Å². The van der Waals surface area contributed by atoms with Crippen molar-refractivity contribution in [2.45, 2.75) is 51.6 Å². The summed E-state index contributed by atoms with van der Waals surface area (Å²) in [5.74, 6) is -5.01. The quantitative estimate of drug-likeness (QED) is 0.0307. The molecule has 0 aliphatic carbocycles. The zero-order valence-electron chi connectivity index (χ0n) is 42.3. The predicted octanol–water partition coefficient (Wildman–Crippen LogP) is 16.9. The number of aryl methyl sites for hydroxylation is 1. The first-order valence-electron chi connectivity index (χ1n) is 23.6. The van der Waals surface area contributed by atoms with Crippen LogP contribution in [0.25, 0.3) is 0 Å². The Hall–Kier alpha value is -8.21.